The minimum atomic E-state index is 0.793. The molecule has 0 aromatic rings. The van der Waals surface area contributed by atoms with Gasteiger partial charge in [0.25, 0.3) is 0 Å². The Labute approximate surface area is 676 Å². The highest BCUT2D eigenvalue weighted by Crippen LogP contribution is 2.20. The van der Waals surface area contributed by atoms with Crippen LogP contribution < -0.4 is 0 Å². The number of ether oxygens (including phenoxy) is 7. The van der Waals surface area contributed by atoms with Crippen LogP contribution in [-0.2, 0) is 33.2 Å². The smallest absolute Gasteiger partial charge is 0.350 e. The molecule has 0 N–H and O–H groups in total. The number of likely N-dealkylation sites (tertiary alicyclic amines) is 2. The Hall–Kier alpha value is -4.69. The molecule has 0 saturated carbocycles. The molecular weight excluding hydrogens is 1430 g/mol. The van der Waals surface area contributed by atoms with E-state index >= 15 is 0 Å². The predicted octanol–water partition coefficient (Wildman–Crippen LogP) is 1.72. The van der Waals surface area contributed by atoms with E-state index in [0.717, 1.165) is 190 Å². The van der Waals surface area contributed by atoms with Gasteiger partial charge in [-0.2, -0.15) is 11.8 Å². The van der Waals surface area contributed by atoms with Gasteiger partial charge >= 0.3 is 41.7 Å². The molecule has 632 valence electrons. The van der Waals surface area contributed by atoms with Crippen LogP contribution in [-0.4, -0.2) is 532 Å². The Morgan fingerprint density at radius 3 is 1.05 bits per heavy atom. The van der Waals surface area contributed by atoms with E-state index in [0.29, 0.717) is 0 Å². The van der Waals surface area contributed by atoms with E-state index in [2.05, 4.69) is 182 Å². The highest BCUT2D eigenvalue weighted by Gasteiger charge is 2.41. The molecule has 0 amide bonds. The number of morpholine rings is 2. The maximum atomic E-state index is 5.47. The first-order chi connectivity index (χ1) is 53.8. The summed E-state index contributed by atoms with van der Waals surface area (Å²) in [5.41, 5.74) is 0. The second kappa shape index (κ2) is 51.3. The Bertz CT molecular complexity index is 2850. The van der Waals surface area contributed by atoms with Gasteiger partial charge in [-0.3, -0.25) is 101 Å². The number of hydrogen-bond acceptors (Lipinski definition) is 19. The van der Waals surface area contributed by atoms with Gasteiger partial charge < -0.3 is 33.2 Å². The third-order valence-corrected chi connectivity index (χ3v) is 24.9. The van der Waals surface area contributed by atoms with Crippen molar-refractivity contribution >= 4 is 65.2 Å². The lowest BCUT2D eigenvalue weighted by Crippen LogP contribution is -2.53. The first-order valence-corrected chi connectivity index (χ1v) is 45.5. The van der Waals surface area contributed by atoms with Crippen molar-refractivity contribution in [3.8, 4) is 0 Å². The molecule has 14 rings (SSSR count). The summed E-state index contributed by atoms with van der Waals surface area (Å²) in [5.74, 6) is 15.0. The minimum Gasteiger partial charge on any atom is -0.381 e. The van der Waals surface area contributed by atoms with Crippen LogP contribution in [0.1, 0.15) is 91.4 Å². The standard InChI is InChI=1S/C13H26N3O2.2C13H26N3O.C11H22N3O2.C11H22N3O.C10H20N3S.C9H18N3S/c1-3-4-14-5-6-15(7-10-17-2)13(14)16-8-11-18-12-9-16;1-3-17-12-11-16-10-9-14(2)13(16)15-7-5-4-6-8-15;1-3-6-14-9-10-16(11-12-17-2)13(14)15-7-4-5-8-15;1-12-3-4-13(5-8-15-2)11(12)14-6-9-16-10-7-14;1-12-7-8-14(9-10-15-2)11(12)13-5-3-4-6-13;1-11-4-3-5-12(2)10(11)13-6-8-14-9-7-13;1-10-4-3-5-11(2)9(10)12-6-7-13-8-12/h3-12H2,1-2H3;2*3-12H2,1-2H3;3-10H2,1-2H3;3-10H2,1-2H3;3-9H2,1-2H3;3-8H2,1-2H3/q7*+1. The van der Waals surface area contributed by atoms with E-state index in [-0.39, 0.29) is 0 Å². The second-order valence-corrected chi connectivity index (χ2v) is 33.7. The molecule has 14 aliphatic heterocycles. The molecule has 0 atom stereocenters. The normalized spacial score (nSPS) is 22.2. The van der Waals surface area contributed by atoms with E-state index in [9.17, 15) is 0 Å². The third kappa shape index (κ3) is 28.1. The molecule has 30 heteroatoms. The molecule has 0 aromatic heterocycles. The van der Waals surface area contributed by atoms with Crippen molar-refractivity contribution in [1.82, 2.24) is 68.6 Å². The van der Waals surface area contributed by atoms with Gasteiger partial charge in [-0.1, -0.05) is 13.8 Å². The Morgan fingerprint density at radius 1 is 0.300 bits per heavy atom. The van der Waals surface area contributed by atoms with Crippen LogP contribution in [0, 0.1) is 0 Å². The number of nitrogens with zero attached hydrogens (tertiary/aromatic N) is 21. The topological polar surface area (TPSA) is 131 Å². The second-order valence-electron chi connectivity index (χ2n) is 31.4. The van der Waals surface area contributed by atoms with Crippen LogP contribution in [0.3, 0.4) is 0 Å². The first-order valence-electron chi connectivity index (χ1n) is 43.2. The zero-order valence-electron chi connectivity index (χ0n) is 72.3. The van der Waals surface area contributed by atoms with Crippen molar-refractivity contribution in [3.05, 3.63) is 0 Å². The van der Waals surface area contributed by atoms with Gasteiger partial charge in [0.15, 0.2) is 0 Å². The molecule has 9 fully saturated rings. The number of rotatable bonds is 20. The number of methoxy groups -OCH3 is 4. The summed E-state index contributed by atoms with van der Waals surface area (Å²) in [6, 6.07) is 0. The van der Waals surface area contributed by atoms with Gasteiger partial charge in [0.2, 0.25) is 0 Å². The van der Waals surface area contributed by atoms with Gasteiger partial charge in [-0.25, -0.2) is 0 Å². The van der Waals surface area contributed by atoms with Crippen molar-refractivity contribution in [2.45, 2.75) is 91.4 Å². The van der Waals surface area contributed by atoms with Crippen LogP contribution in [0.15, 0.2) is 0 Å². The summed E-state index contributed by atoms with van der Waals surface area (Å²) in [5, 5.41) is 0. The molecule has 9 saturated heterocycles. The summed E-state index contributed by atoms with van der Waals surface area (Å²) in [7, 11) is 22.5. The third-order valence-electron chi connectivity index (χ3n) is 23.0. The lowest BCUT2D eigenvalue weighted by molar-refractivity contribution is -0.557. The van der Waals surface area contributed by atoms with E-state index in [1.807, 2.05) is 11.8 Å². The molecule has 0 bridgehead atoms. The van der Waals surface area contributed by atoms with Crippen molar-refractivity contribution in [2.75, 3.05) is 389 Å². The fraction of sp³-hybridized carbons (Fsp3) is 0.912. The van der Waals surface area contributed by atoms with E-state index in [1.54, 1.807) is 28.4 Å². The molecule has 0 aliphatic carbocycles. The monoisotopic (exact) mass is 1590 g/mol. The summed E-state index contributed by atoms with van der Waals surface area (Å²) in [6.07, 6.45) is 14.5. The number of piperidine rings is 1. The van der Waals surface area contributed by atoms with Crippen molar-refractivity contribution in [1.29, 1.82) is 0 Å². The van der Waals surface area contributed by atoms with Crippen molar-refractivity contribution in [2.24, 2.45) is 0 Å². The average Bonchev–Trinajstić information content (AvgIpc) is 1.36. The summed E-state index contributed by atoms with van der Waals surface area (Å²) < 4.78 is 54.0. The number of hydrogen-bond donors (Lipinski definition) is 0. The highest BCUT2D eigenvalue weighted by molar-refractivity contribution is 7.99. The van der Waals surface area contributed by atoms with Gasteiger partial charge in [0.05, 0.1) is 331 Å². The number of guanidine groups is 7. The zero-order chi connectivity index (χ0) is 78.2. The SMILES string of the molecule is CCCN1CCN(CCOC)C1=[N+]1CCCC1.CCCN1CCN(CCOC)C1=[N+]1CCOCC1.CCOCCN1CC[N+](C)=C1N1CCCCC1.CN1CCC[N+](C)=C1N1CCSC1.CN1CCC[N+](C)=C1N1CCSCC1.COCCN1CC[N+](C)=C1N1CCCC1.COCCN1CC[N+](C)=C1N1CCOCC1. The Morgan fingerprint density at radius 2 is 0.645 bits per heavy atom. The molecule has 0 unspecified atom stereocenters. The maximum absolute atomic E-state index is 5.47. The van der Waals surface area contributed by atoms with Crippen LogP contribution in [0.25, 0.3) is 0 Å². The molecule has 0 spiro atoms. The molecule has 110 heavy (non-hydrogen) atoms. The fourth-order valence-electron chi connectivity index (χ4n) is 17.5. The lowest BCUT2D eigenvalue weighted by atomic mass is 10.1. The van der Waals surface area contributed by atoms with Crippen molar-refractivity contribution in [3.63, 3.8) is 0 Å². The van der Waals surface area contributed by atoms with E-state index in [4.69, 9.17) is 33.2 Å². The largest absolute Gasteiger partial charge is 0.381 e. The quantitative estimate of drug-likeness (QED) is 0.130. The summed E-state index contributed by atoms with van der Waals surface area (Å²) in [4.78, 5) is 34.7. The van der Waals surface area contributed by atoms with Crippen LogP contribution in [0.4, 0.5) is 0 Å². The lowest BCUT2D eigenvalue weighted by Gasteiger charge is -2.32. The van der Waals surface area contributed by atoms with Gasteiger partial charge in [-0.05, 0) is 64.7 Å². The molecule has 14 heterocycles. The maximum Gasteiger partial charge on any atom is 0.350 e. The Balaban J connectivity index is 0.000000162. The van der Waals surface area contributed by atoms with Gasteiger partial charge in [0.1, 0.15) is 5.88 Å². The van der Waals surface area contributed by atoms with E-state index in [1.165, 1.54) is 234 Å². The zero-order valence-corrected chi connectivity index (χ0v) is 73.9. The summed E-state index contributed by atoms with van der Waals surface area (Å²) in [6.45, 7) is 53.6. The minimum absolute atomic E-state index is 0.793. The predicted molar refractivity (Wildman–Crippen MR) is 452 cm³/mol. The number of thioether (sulfide) groups is 2. The molecule has 0 aromatic carbocycles. The molecule has 14 aliphatic rings. The van der Waals surface area contributed by atoms with E-state index < -0.39 is 0 Å². The number of likely N-dealkylation sites (N-methyl/N-ethyl adjacent to an activating group) is 3. The van der Waals surface area contributed by atoms with Gasteiger partial charge in [-0.15, -0.1) is 11.8 Å². The molecule has 0 radical (unpaired) electrons. The fourth-order valence-corrected chi connectivity index (χ4v) is 19.4. The summed E-state index contributed by atoms with van der Waals surface area (Å²) >= 11 is 4.10. The van der Waals surface area contributed by atoms with Crippen LogP contribution in [0.2, 0.25) is 0 Å². The molecular formula is C80H160N21O7S2+7. The van der Waals surface area contributed by atoms with Crippen molar-refractivity contribution < 1.29 is 65.2 Å². The highest BCUT2D eigenvalue weighted by atomic mass is 32.2. The molecule has 28 nitrogen and oxygen atoms in total. The first kappa shape index (κ1) is 90.8. The van der Waals surface area contributed by atoms with Gasteiger partial charge in [0, 0.05) is 65.1 Å². The van der Waals surface area contributed by atoms with Crippen LogP contribution in [0.5, 0.6) is 0 Å². The Kier molecular flexibility index (Phi) is 42.4. The average molecular weight is 1590 g/mol. The van der Waals surface area contributed by atoms with Crippen LogP contribution >= 0.6 is 23.5 Å².